The van der Waals surface area contributed by atoms with Crippen molar-refractivity contribution in [1.82, 2.24) is 14.9 Å². The lowest BCUT2D eigenvalue weighted by atomic mass is 9.95. The molecule has 0 bridgehead atoms. The van der Waals surface area contributed by atoms with Crippen LogP contribution in [0.3, 0.4) is 0 Å². The van der Waals surface area contributed by atoms with Gasteiger partial charge in [0.05, 0.1) is 18.1 Å². The summed E-state index contributed by atoms with van der Waals surface area (Å²) in [4.78, 5) is 23.2. The Bertz CT molecular complexity index is 514. The summed E-state index contributed by atoms with van der Waals surface area (Å²) in [5.41, 5.74) is 6.57. The molecule has 6 heteroatoms. The molecule has 0 spiro atoms. The predicted molar refractivity (Wildman–Crippen MR) is 87.6 cm³/mol. The first-order valence-corrected chi connectivity index (χ1v) is 8.65. The van der Waals surface area contributed by atoms with Gasteiger partial charge >= 0.3 is 0 Å². The fourth-order valence-corrected chi connectivity index (χ4v) is 3.56. The molecule has 2 saturated heterocycles. The van der Waals surface area contributed by atoms with Gasteiger partial charge in [0.15, 0.2) is 0 Å². The van der Waals surface area contributed by atoms with Crippen LogP contribution in [0, 0.1) is 11.8 Å². The molecule has 1 amide bonds. The second kappa shape index (κ2) is 7.73. The normalized spacial score (nSPS) is 23.5. The topological polar surface area (TPSA) is 81.3 Å². The van der Waals surface area contributed by atoms with Crippen LogP contribution in [0.4, 0.5) is 5.82 Å². The molecule has 3 heterocycles. The van der Waals surface area contributed by atoms with Crippen LogP contribution in [0.2, 0.25) is 0 Å². The first-order valence-electron chi connectivity index (χ1n) is 8.65. The van der Waals surface area contributed by atoms with Crippen molar-refractivity contribution in [2.75, 3.05) is 32.0 Å². The summed E-state index contributed by atoms with van der Waals surface area (Å²) in [6, 6.07) is 0. The third-order valence-corrected chi connectivity index (χ3v) is 4.95. The van der Waals surface area contributed by atoms with E-state index >= 15 is 0 Å². The summed E-state index contributed by atoms with van der Waals surface area (Å²) in [5, 5.41) is 0. The molecule has 2 aliphatic heterocycles. The maximum absolute atomic E-state index is 12.6. The fraction of sp³-hybridized carbons (Fsp3) is 0.706. The van der Waals surface area contributed by atoms with Crippen LogP contribution in [0.5, 0.6) is 0 Å². The Hall–Kier alpha value is -1.69. The number of carbonyl (C=O) groups is 1. The van der Waals surface area contributed by atoms with Gasteiger partial charge in [-0.1, -0.05) is 0 Å². The van der Waals surface area contributed by atoms with E-state index in [-0.39, 0.29) is 5.92 Å². The average molecular weight is 318 g/mol. The highest BCUT2D eigenvalue weighted by Gasteiger charge is 2.28. The van der Waals surface area contributed by atoms with E-state index in [0.29, 0.717) is 17.6 Å². The Kier molecular flexibility index (Phi) is 5.43. The van der Waals surface area contributed by atoms with Gasteiger partial charge in [-0.05, 0) is 44.4 Å². The molecule has 0 aromatic carbocycles. The van der Waals surface area contributed by atoms with Crippen LogP contribution in [0.25, 0.3) is 0 Å². The molecule has 1 aromatic rings. The van der Waals surface area contributed by atoms with Crippen molar-refractivity contribution in [1.29, 1.82) is 0 Å². The zero-order valence-electron chi connectivity index (χ0n) is 13.6. The third kappa shape index (κ3) is 4.41. The molecular weight excluding hydrogens is 292 g/mol. The summed E-state index contributed by atoms with van der Waals surface area (Å²) >= 11 is 0. The van der Waals surface area contributed by atoms with Gasteiger partial charge in [0.1, 0.15) is 5.82 Å². The van der Waals surface area contributed by atoms with E-state index < -0.39 is 0 Å². The monoisotopic (exact) mass is 318 g/mol. The van der Waals surface area contributed by atoms with Gasteiger partial charge < -0.3 is 15.4 Å². The highest BCUT2D eigenvalue weighted by Crippen LogP contribution is 2.24. The van der Waals surface area contributed by atoms with Gasteiger partial charge in [0.2, 0.25) is 5.91 Å². The standard InChI is InChI=1S/C17H26N4O2/c18-16-12-19-15(11-20-16)10-13-2-1-6-21(7-3-13)17(22)14-4-8-23-9-5-14/h11-14H,1-10H2,(H2,18,20)/t13-/m1/s1. The number of carbonyl (C=O) groups excluding carboxylic acids is 1. The van der Waals surface area contributed by atoms with E-state index in [2.05, 4.69) is 14.9 Å². The molecule has 1 atom stereocenters. The summed E-state index contributed by atoms with van der Waals surface area (Å²) in [6.45, 7) is 3.20. The fourth-order valence-electron chi connectivity index (χ4n) is 3.56. The van der Waals surface area contributed by atoms with Crippen molar-refractivity contribution in [3.05, 3.63) is 18.1 Å². The molecule has 0 saturated carbocycles. The summed E-state index contributed by atoms with van der Waals surface area (Å²) in [7, 11) is 0. The van der Waals surface area contributed by atoms with Crippen molar-refractivity contribution in [3.63, 3.8) is 0 Å². The lowest BCUT2D eigenvalue weighted by molar-refractivity contribution is -0.138. The van der Waals surface area contributed by atoms with Crippen molar-refractivity contribution >= 4 is 11.7 Å². The minimum absolute atomic E-state index is 0.170. The number of hydrogen-bond acceptors (Lipinski definition) is 5. The second-order valence-electron chi connectivity index (χ2n) is 6.65. The van der Waals surface area contributed by atoms with Crippen LogP contribution >= 0.6 is 0 Å². The Labute approximate surface area is 137 Å². The molecule has 2 aliphatic rings. The molecule has 1 aromatic heterocycles. The SMILES string of the molecule is Nc1cnc(C[C@@H]2CCCN(C(=O)C3CCOCC3)CC2)cn1. The van der Waals surface area contributed by atoms with Gasteiger partial charge in [0, 0.05) is 32.2 Å². The van der Waals surface area contributed by atoms with E-state index in [1.54, 1.807) is 12.4 Å². The van der Waals surface area contributed by atoms with Gasteiger partial charge in [0.25, 0.3) is 0 Å². The lowest BCUT2D eigenvalue weighted by Crippen LogP contribution is -2.39. The van der Waals surface area contributed by atoms with Crippen LogP contribution in [-0.4, -0.2) is 47.1 Å². The van der Waals surface area contributed by atoms with Crippen molar-refractivity contribution < 1.29 is 9.53 Å². The first-order chi connectivity index (χ1) is 11.2. The molecule has 2 fully saturated rings. The van der Waals surface area contributed by atoms with E-state index in [9.17, 15) is 4.79 Å². The maximum Gasteiger partial charge on any atom is 0.225 e. The van der Waals surface area contributed by atoms with E-state index in [1.165, 1.54) is 0 Å². The summed E-state index contributed by atoms with van der Waals surface area (Å²) < 4.78 is 5.36. The largest absolute Gasteiger partial charge is 0.382 e. The van der Waals surface area contributed by atoms with Crippen LogP contribution < -0.4 is 5.73 Å². The Morgan fingerprint density at radius 1 is 1.17 bits per heavy atom. The number of nitrogens with zero attached hydrogens (tertiary/aromatic N) is 3. The minimum atomic E-state index is 0.170. The maximum atomic E-state index is 12.6. The van der Waals surface area contributed by atoms with E-state index in [1.807, 2.05) is 0 Å². The predicted octanol–water partition coefficient (Wildman–Crippen LogP) is 1.66. The molecule has 0 aliphatic carbocycles. The second-order valence-corrected chi connectivity index (χ2v) is 6.65. The quantitative estimate of drug-likeness (QED) is 0.916. The highest BCUT2D eigenvalue weighted by molar-refractivity contribution is 5.79. The van der Waals surface area contributed by atoms with Gasteiger partial charge in [-0.2, -0.15) is 0 Å². The zero-order valence-corrected chi connectivity index (χ0v) is 13.6. The van der Waals surface area contributed by atoms with Crippen molar-refractivity contribution in [3.8, 4) is 0 Å². The molecule has 23 heavy (non-hydrogen) atoms. The number of anilines is 1. The van der Waals surface area contributed by atoms with Gasteiger partial charge in [-0.15, -0.1) is 0 Å². The molecule has 2 N–H and O–H groups in total. The molecule has 6 nitrogen and oxygen atoms in total. The molecular formula is C17H26N4O2. The Morgan fingerprint density at radius 2 is 2.00 bits per heavy atom. The number of aromatic nitrogens is 2. The highest BCUT2D eigenvalue weighted by atomic mass is 16.5. The van der Waals surface area contributed by atoms with Crippen LogP contribution in [0.15, 0.2) is 12.4 Å². The van der Waals surface area contributed by atoms with Crippen LogP contribution in [0.1, 0.15) is 37.8 Å². The van der Waals surface area contributed by atoms with E-state index in [0.717, 1.165) is 70.5 Å². The first kappa shape index (κ1) is 16.2. The smallest absolute Gasteiger partial charge is 0.225 e. The summed E-state index contributed by atoms with van der Waals surface area (Å²) in [6.07, 6.45) is 9.32. The van der Waals surface area contributed by atoms with Gasteiger partial charge in [-0.3, -0.25) is 9.78 Å². The number of rotatable bonds is 3. The molecule has 126 valence electrons. The number of nitrogens with two attached hydrogens (primary N) is 1. The number of likely N-dealkylation sites (tertiary alicyclic amines) is 1. The Balaban J connectivity index is 1.52. The number of nitrogen functional groups attached to an aromatic ring is 1. The molecule has 0 radical (unpaired) electrons. The average Bonchev–Trinajstić information content (AvgIpc) is 2.83. The molecule has 3 rings (SSSR count). The van der Waals surface area contributed by atoms with Gasteiger partial charge in [-0.25, -0.2) is 4.98 Å². The number of amides is 1. The number of hydrogen-bond donors (Lipinski definition) is 1. The van der Waals surface area contributed by atoms with E-state index in [4.69, 9.17) is 10.5 Å². The Morgan fingerprint density at radius 3 is 2.74 bits per heavy atom. The van der Waals surface area contributed by atoms with Crippen LogP contribution in [-0.2, 0) is 16.0 Å². The third-order valence-electron chi connectivity index (χ3n) is 4.95. The molecule has 0 unspecified atom stereocenters. The minimum Gasteiger partial charge on any atom is -0.382 e. The lowest BCUT2D eigenvalue weighted by Gasteiger charge is -2.28. The number of ether oxygens (including phenoxy) is 1. The summed E-state index contributed by atoms with van der Waals surface area (Å²) in [5.74, 6) is 1.53. The zero-order chi connectivity index (χ0) is 16.1. The van der Waals surface area contributed by atoms with Crippen molar-refractivity contribution in [2.24, 2.45) is 11.8 Å². The van der Waals surface area contributed by atoms with Crippen molar-refractivity contribution in [2.45, 2.75) is 38.5 Å².